The highest BCUT2D eigenvalue weighted by Gasteiger charge is 2.04. The quantitative estimate of drug-likeness (QED) is 0.618. The maximum atomic E-state index is 4.32. The number of hydrogen-bond donors (Lipinski definition) is 0. The van der Waals surface area contributed by atoms with E-state index in [9.17, 15) is 0 Å². The first-order valence-corrected chi connectivity index (χ1v) is 5.42. The van der Waals surface area contributed by atoms with Gasteiger partial charge in [0.15, 0.2) is 0 Å². The van der Waals surface area contributed by atoms with Gasteiger partial charge in [0.2, 0.25) is 0 Å². The minimum Gasteiger partial charge on any atom is -0.263 e. The zero-order chi connectivity index (χ0) is 10.1. The molecule has 0 N–H and O–H groups in total. The molecule has 3 aromatic rings. The van der Waals surface area contributed by atoms with Crippen molar-refractivity contribution in [2.45, 2.75) is 0 Å². The first-order chi connectivity index (χ1) is 7.43. The summed E-state index contributed by atoms with van der Waals surface area (Å²) in [6.07, 6.45) is 5.36. The molecule has 3 heterocycles. The molecule has 0 unspecified atom stereocenters. The Kier molecular flexibility index (Phi) is 1.96. The standard InChI is InChI=1S/C12H7N2S/c1-2-5-14-10(3-1)11-7-9-4-6-13-8-12(9)15-11/h1-3,5-8H. The molecule has 0 fully saturated rings. The minimum atomic E-state index is 1.01. The lowest BCUT2D eigenvalue weighted by Crippen LogP contribution is -1.75. The van der Waals surface area contributed by atoms with Crippen molar-refractivity contribution in [2.75, 3.05) is 0 Å². The largest absolute Gasteiger partial charge is 0.263 e. The van der Waals surface area contributed by atoms with E-state index in [1.54, 1.807) is 17.5 Å². The Morgan fingerprint density at radius 1 is 1.27 bits per heavy atom. The van der Waals surface area contributed by atoms with Gasteiger partial charge in [0.25, 0.3) is 0 Å². The number of rotatable bonds is 1. The number of hydrogen-bond acceptors (Lipinski definition) is 3. The second-order valence-electron chi connectivity index (χ2n) is 3.16. The number of pyridine rings is 2. The van der Waals surface area contributed by atoms with Crippen LogP contribution in [0.3, 0.4) is 0 Å². The maximum absolute atomic E-state index is 4.32. The Bertz CT molecular complexity index is 554. The van der Waals surface area contributed by atoms with E-state index in [-0.39, 0.29) is 0 Å². The zero-order valence-electron chi connectivity index (χ0n) is 7.84. The van der Waals surface area contributed by atoms with Crippen LogP contribution in [-0.2, 0) is 0 Å². The van der Waals surface area contributed by atoms with Gasteiger partial charge in [-0.3, -0.25) is 9.97 Å². The molecule has 0 aliphatic carbocycles. The molecule has 0 aliphatic heterocycles. The molecule has 0 bridgehead atoms. The Morgan fingerprint density at radius 2 is 2.27 bits per heavy atom. The van der Waals surface area contributed by atoms with Crippen LogP contribution in [0.2, 0.25) is 0 Å². The van der Waals surface area contributed by atoms with Gasteiger partial charge in [0, 0.05) is 30.0 Å². The Labute approximate surface area is 91.2 Å². The molecule has 0 saturated heterocycles. The molecule has 0 aliphatic rings. The lowest BCUT2D eigenvalue weighted by atomic mass is 10.2. The van der Waals surface area contributed by atoms with Crippen LogP contribution in [0, 0.1) is 6.07 Å². The Balaban J connectivity index is 2.21. The smallest absolute Gasteiger partial charge is 0.0802 e. The van der Waals surface area contributed by atoms with E-state index in [1.807, 2.05) is 30.6 Å². The molecular weight excluding hydrogens is 204 g/mol. The summed E-state index contributed by atoms with van der Waals surface area (Å²) in [5.41, 5.74) is 1.01. The number of nitrogens with zero attached hydrogens (tertiary/aromatic N) is 2. The highest BCUT2D eigenvalue weighted by Crippen LogP contribution is 2.31. The van der Waals surface area contributed by atoms with Crippen LogP contribution in [0.25, 0.3) is 20.7 Å². The van der Waals surface area contributed by atoms with Crippen molar-refractivity contribution in [1.82, 2.24) is 9.97 Å². The number of fused-ring (bicyclic) bond motifs is 1. The third kappa shape index (κ3) is 1.51. The van der Waals surface area contributed by atoms with E-state index in [1.165, 1.54) is 0 Å². The summed E-state index contributed by atoms with van der Waals surface area (Å²) in [5, 5.41) is 1.11. The summed E-state index contributed by atoms with van der Waals surface area (Å²) in [5.74, 6) is 0. The first-order valence-electron chi connectivity index (χ1n) is 4.60. The third-order valence-electron chi connectivity index (χ3n) is 2.16. The Morgan fingerprint density at radius 3 is 3.07 bits per heavy atom. The molecule has 2 nitrogen and oxygen atoms in total. The van der Waals surface area contributed by atoms with Gasteiger partial charge in [-0.25, -0.2) is 0 Å². The molecule has 71 valence electrons. The molecule has 0 aromatic carbocycles. The van der Waals surface area contributed by atoms with Crippen LogP contribution < -0.4 is 0 Å². The van der Waals surface area contributed by atoms with E-state index < -0.39 is 0 Å². The lowest BCUT2D eigenvalue weighted by Gasteiger charge is -1.92. The van der Waals surface area contributed by atoms with E-state index in [2.05, 4.69) is 22.1 Å². The van der Waals surface area contributed by atoms with Gasteiger partial charge < -0.3 is 0 Å². The van der Waals surface area contributed by atoms with Crippen LogP contribution in [0.5, 0.6) is 0 Å². The molecule has 15 heavy (non-hydrogen) atoms. The van der Waals surface area contributed by atoms with Crippen LogP contribution in [-0.4, -0.2) is 9.97 Å². The SMILES string of the molecule is [c]1cncc2sc(-c3ccccn3)cc12. The summed E-state index contributed by atoms with van der Waals surface area (Å²) in [4.78, 5) is 9.54. The number of thiophene rings is 1. The predicted molar refractivity (Wildman–Crippen MR) is 61.7 cm³/mol. The second-order valence-corrected chi connectivity index (χ2v) is 4.24. The van der Waals surface area contributed by atoms with Gasteiger partial charge in [-0.05, 0) is 18.2 Å². The van der Waals surface area contributed by atoms with Gasteiger partial charge in [-0.1, -0.05) is 6.07 Å². The molecule has 0 amide bonds. The van der Waals surface area contributed by atoms with Crippen LogP contribution in [0.1, 0.15) is 0 Å². The second kappa shape index (κ2) is 3.44. The van der Waals surface area contributed by atoms with E-state index in [0.717, 1.165) is 20.7 Å². The molecule has 3 rings (SSSR count). The van der Waals surface area contributed by atoms with Crippen LogP contribution >= 0.6 is 11.3 Å². The monoisotopic (exact) mass is 211 g/mol. The third-order valence-corrected chi connectivity index (χ3v) is 3.26. The van der Waals surface area contributed by atoms with E-state index >= 15 is 0 Å². The number of aromatic nitrogens is 2. The van der Waals surface area contributed by atoms with Gasteiger partial charge in [-0.2, -0.15) is 0 Å². The average Bonchev–Trinajstić information content (AvgIpc) is 2.74. The van der Waals surface area contributed by atoms with Gasteiger partial charge in [-0.15, -0.1) is 11.3 Å². The van der Waals surface area contributed by atoms with E-state index in [4.69, 9.17) is 0 Å². The van der Waals surface area contributed by atoms with Crippen molar-refractivity contribution in [2.24, 2.45) is 0 Å². The maximum Gasteiger partial charge on any atom is 0.0802 e. The Hall–Kier alpha value is -1.74. The van der Waals surface area contributed by atoms with Crippen LogP contribution in [0.15, 0.2) is 42.9 Å². The molecule has 0 spiro atoms. The summed E-state index contributed by atoms with van der Waals surface area (Å²) in [6, 6.07) is 11.1. The fraction of sp³-hybridized carbons (Fsp3) is 0. The van der Waals surface area contributed by atoms with Crippen molar-refractivity contribution in [1.29, 1.82) is 0 Å². The highest BCUT2D eigenvalue weighted by molar-refractivity contribution is 7.22. The topological polar surface area (TPSA) is 25.8 Å². The summed E-state index contributed by atoms with van der Waals surface area (Å²) < 4.78 is 1.15. The molecule has 0 atom stereocenters. The molecule has 1 radical (unpaired) electrons. The van der Waals surface area contributed by atoms with E-state index in [0.29, 0.717) is 0 Å². The predicted octanol–water partition coefficient (Wildman–Crippen LogP) is 3.16. The fourth-order valence-electron chi connectivity index (χ4n) is 1.46. The molecule has 3 aromatic heterocycles. The van der Waals surface area contributed by atoms with Crippen molar-refractivity contribution in [3.8, 4) is 10.6 Å². The lowest BCUT2D eigenvalue weighted by molar-refractivity contribution is 1.34. The van der Waals surface area contributed by atoms with Gasteiger partial charge >= 0.3 is 0 Å². The van der Waals surface area contributed by atoms with Crippen molar-refractivity contribution in [3.63, 3.8) is 0 Å². The van der Waals surface area contributed by atoms with Gasteiger partial charge in [0.05, 0.1) is 15.3 Å². The van der Waals surface area contributed by atoms with Crippen molar-refractivity contribution in [3.05, 3.63) is 48.9 Å². The first kappa shape index (κ1) is 8.56. The fourth-order valence-corrected chi connectivity index (χ4v) is 2.44. The van der Waals surface area contributed by atoms with Crippen LogP contribution in [0.4, 0.5) is 0 Å². The normalized spacial score (nSPS) is 10.7. The summed E-state index contributed by atoms with van der Waals surface area (Å²) >= 11 is 1.69. The average molecular weight is 211 g/mol. The van der Waals surface area contributed by atoms with Crippen molar-refractivity contribution >= 4 is 21.4 Å². The molecular formula is C12H7N2S. The summed E-state index contributed by atoms with van der Waals surface area (Å²) in [7, 11) is 0. The zero-order valence-corrected chi connectivity index (χ0v) is 8.66. The summed E-state index contributed by atoms with van der Waals surface area (Å²) in [6.45, 7) is 0. The van der Waals surface area contributed by atoms with Crippen molar-refractivity contribution < 1.29 is 0 Å². The molecule has 3 heteroatoms. The minimum absolute atomic E-state index is 1.01. The molecule has 0 saturated carbocycles. The highest BCUT2D eigenvalue weighted by atomic mass is 32.1. The van der Waals surface area contributed by atoms with Gasteiger partial charge in [0.1, 0.15) is 0 Å².